The number of piperidine rings is 1. The minimum absolute atomic E-state index is 0.307. The Morgan fingerprint density at radius 1 is 0.897 bits per heavy atom. The number of hydrogen-bond acceptors (Lipinski definition) is 6. The van der Waals surface area contributed by atoms with Crippen molar-refractivity contribution in [3.63, 3.8) is 0 Å². The van der Waals surface area contributed by atoms with E-state index in [0.717, 1.165) is 76.1 Å². The molecule has 2 aliphatic heterocycles. The average molecular weight is 520 g/mol. The van der Waals surface area contributed by atoms with Crippen molar-refractivity contribution in [3.8, 4) is 22.5 Å². The largest absolute Gasteiger partial charge is 0.368 e. The smallest absolute Gasteiger partial charge is 0.138 e. The zero-order chi connectivity index (χ0) is 26.3. The Kier molecular flexibility index (Phi) is 4.64. The topological polar surface area (TPSA) is 94.6 Å². The maximum absolute atomic E-state index is 6.61. The Hall–Kier alpha value is -4.44. The van der Waals surface area contributed by atoms with E-state index in [1.54, 1.807) is 0 Å². The van der Waals surface area contributed by atoms with E-state index in [4.69, 9.17) is 9.72 Å². The van der Waals surface area contributed by atoms with Crippen molar-refractivity contribution in [1.82, 2.24) is 39.3 Å². The van der Waals surface area contributed by atoms with Crippen LogP contribution in [0, 0.1) is 0 Å². The summed E-state index contributed by atoms with van der Waals surface area (Å²) < 4.78 is 12.3. The van der Waals surface area contributed by atoms with Crippen LogP contribution in [0.3, 0.4) is 0 Å². The first-order valence-corrected chi connectivity index (χ1v) is 13.3. The molecule has 10 nitrogen and oxygen atoms in total. The fourth-order valence-electron chi connectivity index (χ4n) is 6.57. The summed E-state index contributed by atoms with van der Waals surface area (Å²) in [6.07, 6.45) is 11.6. The highest BCUT2D eigenvalue weighted by molar-refractivity contribution is 5.88. The standard InChI is InChI=1S/C29H29N9O/c1-35-16-20(14-31-35)23-11-22-26-21(12-30-28(22)34-23)17-39-29(26)6-8-38(9-7-29)25-15-33-37(3)27(25)18-4-5-24-19(10-18)13-32-36(24)2/h4-5,10-16H,6-9,17H2,1-3H3,(H,30,34). The van der Waals surface area contributed by atoms with Gasteiger partial charge in [0, 0.05) is 79.7 Å². The van der Waals surface area contributed by atoms with Crippen molar-refractivity contribution in [1.29, 1.82) is 0 Å². The molecule has 0 aliphatic carbocycles. The summed E-state index contributed by atoms with van der Waals surface area (Å²) in [7, 11) is 5.93. The van der Waals surface area contributed by atoms with Crippen LogP contribution in [0.1, 0.15) is 24.0 Å². The van der Waals surface area contributed by atoms with Crippen LogP contribution < -0.4 is 4.90 Å². The van der Waals surface area contributed by atoms with E-state index in [9.17, 15) is 0 Å². The average Bonchev–Trinajstić information content (AvgIpc) is 3.76. The van der Waals surface area contributed by atoms with Crippen LogP contribution in [0.5, 0.6) is 0 Å². The first-order chi connectivity index (χ1) is 19.0. The molecule has 196 valence electrons. The minimum atomic E-state index is -0.307. The second kappa shape index (κ2) is 8.03. The molecular formula is C29H29N9O. The number of nitrogens with one attached hydrogen (secondary N) is 1. The predicted octanol–water partition coefficient (Wildman–Crippen LogP) is 4.28. The number of anilines is 1. The zero-order valence-corrected chi connectivity index (χ0v) is 22.2. The first kappa shape index (κ1) is 22.5. The molecule has 10 heteroatoms. The highest BCUT2D eigenvalue weighted by Crippen LogP contribution is 2.48. The number of benzene rings is 1. The fraction of sp³-hybridized carbons (Fsp3) is 0.310. The number of rotatable bonds is 3. The quantitative estimate of drug-likeness (QED) is 0.375. The Balaban J connectivity index is 1.12. The van der Waals surface area contributed by atoms with Crippen LogP contribution in [0.2, 0.25) is 0 Å². The molecule has 2 aliphatic rings. The maximum atomic E-state index is 6.61. The first-order valence-electron chi connectivity index (χ1n) is 13.3. The van der Waals surface area contributed by atoms with Crippen LogP contribution in [0.15, 0.2) is 55.2 Å². The Labute approximate surface area is 224 Å². The van der Waals surface area contributed by atoms with Crippen LogP contribution in [-0.4, -0.2) is 52.4 Å². The third-order valence-electron chi connectivity index (χ3n) is 8.56. The van der Waals surface area contributed by atoms with E-state index in [2.05, 4.69) is 49.4 Å². The van der Waals surface area contributed by atoms with Gasteiger partial charge in [-0.25, -0.2) is 4.98 Å². The number of ether oxygens (including phenoxy) is 1. The Morgan fingerprint density at radius 3 is 2.56 bits per heavy atom. The van der Waals surface area contributed by atoms with Crippen molar-refractivity contribution in [2.45, 2.75) is 25.0 Å². The molecule has 7 heterocycles. The van der Waals surface area contributed by atoms with Crippen LogP contribution in [-0.2, 0) is 38.1 Å². The third kappa shape index (κ3) is 3.31. The number of aromatic amines is 1. The number of fused-ring (bicyclic) bond motifs is 5. The van der Waals surface area contributed by atoms with Gasteiger partial charge in [0.15, 0.2) is 0 Å². The van der Waals surface area contributed by atoms with E-state index in [0.29, 0.717) is 6.61 Å². The molecule has 1 N–H and O–H groups in total. The van der Waals surface area contributed by atoms with Crippen molar-refractivity contribution in [2.24, 2.45) is 21.1 Å². The molecule has 8 rings (SSSR count). The lowest BCUT2D eigenvalue weighted by Crippen LogP contribution is -2.42. The number of H-pyrrole nitrogens is 1. The van der Waals surface area contributed by atoms with Crippen LogP contribution >= 0.6 is 0 Å². The molecule has 1 saturated heterocycles. The van der Waals surface area contributed by atoms with Gasteiger partial charge in [0.05, 0.1) is 53.4 Å². The van der Waals surface area contributed by atoms with Crippen molar-refractivity contribution < 1.29 is 4.74 Å². The molecule has 0 bridgehead atoms. The van der Waals surface area contributed by atoms with Gasteiger partial charge in [-0.05, 0) is 31.0 Å². The van der Waals surface area contributed by atoms with Gasteiger partial charge in [-0.15, -0.1) is 0 Å². The third-order valence-corrected chi connectivity index (χ3v) is 8.56. The summed E-state index contributed by atoms with van der Waals surface area (Å²) in [6.45, 7) is 2.38. The number of pyridine rings is 1. The van der Waals surface area contributed by atoms with Gasteiger partial charge in [-0.1, -0.05) is 6.07 Å². The predicted molar refractivity (Wildman–Crippen MR) is 149 cm³/mol. The summed E-state index contributed by atoms with van der Waals surface area (Å²) in [6, 6.07) is 8.73. The molecule has 0 amide bonds. The highest BCUT2D eigenvalue weighted by atomic mass is 16.5. The second-order valence-corrected chi connectivity index (χ2v) is 10.8. The molecular weight excluding hydrogens is 490 g/mol. The molecule has 5 aromatic heterocycles. The lowest BCUT2D eigenvalue weighted by atomic mass is 9.82. The number of aryl methyl sites for hydroxylation is 3. The van der Waals surface area contributed by atoms with Gasteiger partial charge in [0.25, 0.3) is 0 Å². The second-order valence-electron chi connectivity index (χ2n) is 10.8. The zero-order valence-electron chi connectivity index (χ0n) is 22.2. The monoisotopic (exact) mass is 519 g/mol. The Bertz CT molecular complexity index is 1880. The molecule has 39 heavy (non-hydrogen) atoms. The molecule has 1 spiro atoms. The molecule has 0 atom stereocenters. The van der Waals surface area contributed by atoms with E-state index < -0.39 is 0 Å². The number of nitrogens with zero attached hydrogens (tertiary/aromatic N) is 8. The summed E-state index contributed by atoms with van der Waals surface area (Å²) in [5, 5.41) is 15.7. The van der Waals surface area contributed by atoms with E-state index in [1.807, 2.05) is 66.2 Å². The summed E-state index contributed by atoms with van der Waals surface area (Å²) >= 11 is 0. The normalized spacial score (nSPS) is 16.6. The van der Waals surface area contributed by atoms with Gasteiger partial charge in [0.2, 0.25) is 0 Å². The molecule has 0 unspecified atom stereocenters. The molecule has 6 aromatic rings. The lowest BCUT2D eigenvalue weighted by molar-refractivity contribution is -0.0543. The van der Waals surface area contributed by atoms with Gasteiger partial charge in [0.1, 0.15) is 5.65 Å². The maximum Gasteiger partial charge on any atom is 0.138 e. The lowest BCUT2D eigenvalue weighted by Gasteiger charge is -2.40. The summed E-state index contributed by atoms with van der Waals surface area (Å²) in [4.78, 5) is 10.7. The van der Waals surface area contributed by atoms with Crippen LogP contribution in [0.25, 0.3) is 44.5 Å². The van der Waals surface area contributed by atoms with Crippen molar-refractivity contribution in [3.05, 3.63) is 66.4 Å². The van der Waals surface area contributed by atoms with Crippen molar-refractivity contribution >= 4 is 27.6 Å². The van der Waals surface area contributed by atoms with Gasteiger partial charge < -0.3 is 14.6 Å². The van der Waals surface area contributed by atoms with Gasteiger partial charge in [-0.2, -0.15) is 15.3 Å². The summed E-state index contributed by atoms with van der Waals surface area (Å²) in [5.74, 6) is 0. The minimum Gasteiger partial charge on any atom is -0.368 e. The Morgan fingerprint density at radius 2 is 1.74 bits per heavy atom. The van der Waals surface area contributed by atoms with E-state index >= 15 is 0 Å². The molecule has 0 saturated carbocycles. The van der Waals surface area contributed by atoms with Crippen molar-refractivity contribution in [2.75, 3.05) is 18.0 Å². The molecule has 1 aromatic carbocycles. The van der Waals surface area contributed by atoms with Crippen LogP contribution in [0.4, 0.5) is 5.69 Å². The summed E-state index contributed by atoms with van der Waals surface area (Å²) in [5.41, 5.74) is 9.74. The molecule has 0 radical (unpaired) electrons. The fourth-order valence-corrected chi connectivity index (χ4v) is 6.57. The molecule has 1 fully saturated rings. The SMILES string of the molecule is Cn1cc(-c2cc3c4c(cnc3[nH]2)COC42CCN(c3cnn(C)c3-c3ccc4c(cnn4C)c3)CC2)cn1. The van der Waals surface area contributed by atoms with Gasteiger partial charge in [-0.3, -0.25) is 14.0 Å². The van der Waals surface area contributed by atoms with E-state index in [1.165, 1.54) is 11.1 Å². The number of aromatic nitrogens is 8. The highest BCUT2D eigenvalue weighted by Gasteiger charge is 2.45. The van der Waals surface area contributed by atoms with E-state index in [-0.39, 0.29) is 5.60 Å². The van der Waals surface area contributed by atoms with Gasteiger partial charge >= 0.3 is 0 Å². The number of hydrogen-bond donors (Lipinski definition) is 1.